The van der Waals surface area contributed by atoms with Crippen LogP contribution in [0.3, 0.4) is 0 Å². The minimum atomic E-state index is -0.264. The van der Waals surface area contributed by atoms with E-state index in [1.807, 2.05) is 71.6 Å². The number of hydrogen-bond acceptors (Lipinski definition) is 4. The van der Waals surface area contributed by atoms with Gasteiger partial charge in [0.25, 0.3) is 5.91 Å². The van der Waals surface area contributed by atoms with Crippen LogP contribution in [0.25, 0.3) is 27.2 Å². The molecule has 0 spiro atoms. The van der Waals surface area contributed by atoms with Gasteiger partial charge >= 0.3 is 0 Å². The van der Waals surface area contributed by atoms with Crippen molar-refractivity contribution in [3.8, 4) is 11.3 Å². The summed E-state index contributed by atoms with van der Waals surface area (Å²) >= 11 is 5.05. The molecular weight excluding hydrogens is 438 g/mol. The molecule has 0 aliphatic rings. The molecule has 5 rings (SSSR count). The van der Waals surface area contributed by atoms with Gasteiger partial charge in [-0.2, -0.15) is 0 Å². The number of halogens is 1. The van der Waals surface area contributed by atoms with Gasteiger partial charge in [-0.05, 0) is 37.3 Å². The van der Waals surface area contributed by atoms with E-state index in [9.17, 15) is 4.79 Å². The third kappa shape index (κ3) is 2.93. The molecule has 0 saturated heterocycles. The van der Waals surface area contributed by atoms with Gasteiger partial charge in [-0.25, -0.2) is 4.98 Å². The monoisotopic (exact) mass is 451 g/mol. The van der Waals surface area contributed by atoms with Gasteiger partial charge in [0.1, 0.15) is 5.58 Å². The minimum absolute atomic E-state index is 0.264. The van der Waals surface area contributed by atoms with Crippen LogP contribution in [0.2, 0.25) is 0 Å². The number of fused-ring (bicyclic) bond motifs is 2. The van der Waals surface area contributed by atoms with Crippen molar-refractivity contribution < 1.29 is 9.21 Å². The molecule has 0 fully saturated rings. The van der Waals surface area contributed by atoms with Gasteiger partial charge in [0.2, 0.25) is 0 Å². The van der Waals surface area contributed by atoms with Crippen LogP contribution < -0.4 is 5.32 Å². The van der Waals surface area contributed by atoms with Crippen LogP contribution in [0.15, 0.2) is 69.1 Å². The second kappa shape index (κ2) is 6.61. The van der Waals surface area contributed by atoms with Crippen LogP contribution in [-0.2, 0) is 0 Å². The van der Waals surface area contributed by atoms with E-state index in [1.165, 1.54) is 0 Å². The summed E-state index contributed by atoms with van der Waals surface area (Å²) in [7, 11) is 0. The number of imidazole rings is 1. The van der Waals surface area contributed by atoms with E-state index in [0.717, 1.165) is 31.6 Å². The zero-order valence-electron chi connectivity index (χ0n) is 14.8. The molecule has 7 heteroatoms. The molecule has 0 unspecified atom stereocenters. The van der Waals surface area contributed by atoms with Gasteiger partial charge in [-0.3, -0.25) is 9.20 Å². The maximum Gasteiger partial charge on any atom is 0.291 e. The van der Waals surface area contributed by atoms with Crippen LogP contribution in [0.1, 0.15) is 16.1 Å². The Balaban J connectivity index is 1.39. The molecule has 2 aromatic carbocycles. The highest BCUT2D eigenvalue weighted by Crippen LogP contribution is 2.29. The smallest absolute Gasteiger partial charge is 0.291 e. The molecule has 0 aliphatic carbocycles. The summed E-state index contributed by atoms with van der Waals surface area (Å²) in [5.74, 6) is 0.0617. The Morgan fingerprint density at radius 1 is 1.21 bits per heavy atom. The lowest BCUT2D eigenvalue weighted by molar-refractivity contribution is 0.0998. The Hall–Kier alpha value is -2.90. The van der Waals surface area contributed by atoms with Crippen molar-refractivity contribution in [2.75, 3.05) is 5.32 Å². The van der Waals surface area contributed by atoms with Gasteiger partial charge in [0.05, 0.1) is 5.69 Å². The fourth-order valence-corrected chi connectivity index (χ4v) is 4.25. The highest BCUT2D eigenvalue weighted by molar-refractivity contribution is 9.10. The van der Waals surface area contributed by atoms with Gasteiger partial charge in [0, 0.05) is 44.4 Å². The zero-order valence-corrected chi connectivity index (χ0v) is 17.2. The van der Waals surface area contributed by atoms with Crippen molar-refractivity contribution in [3.63, 3.8) is 0 Å². The average Bonchev–Trinajstić information content (AvgIpc) is 3.36. The fourth-order valence-electron chi connectivity index (χ4n) is 3.19. The number of thiazole rings is 1. The largest absolute Gasteiger partial charge is 0.451 e. The molecule has 1 N–H and O–H groups in total. The first-order chi connectivity index (χ1) is 13.6. The number of nitrogens with one attached hydrogen (secondary N) is 1. The predicted molar refractivity (Wildman–Crippen MR) is 115 cm³/mol. The summed E-state index contributed by atoms with van der Waals surface area (Å²) in [4.78, 5) is 18.3. The fraction of sp³-hybridized carbons (Fsp3) is 0.0476. The normalized spacial score (nSPS) is 11.4. The van der Waals surface area contributed by atoms with Gasteiger partial charge < -0.3 is 9.73 Å². The van der Waals surface area contributed by atoms with Gasteiger partial charge in [-0.1, -0.05) is 28.1 Å². The number of carbonyl (C=O) groups is 1. The number of anilines is 1. The maximum absolute atomic E-state index is 12.7. The summed E-state index contributed by atoms with van der Waals surface area (Å²) in [5, 5.41) is 5.84. The van der Waals surface area contributed by atoms with Crippen molar-refractivity contribution in [2.24, 2.45) is 0 Å². The van der Waals surface area contributed by atoms with Crippen molar-refractivity contribution in [2.45, 2.75) is 6.92 Å². The first-order valence-electron chi connectivity index (χ1n) is 8.61. The molecule has 3 heterocycles. The van der Waals surface area contributed by atoms with Gasteiger partial charge in [-0.15, -0.1) is 11.3 Å². The number of furan rings is 1. The molecule has 0 aliphatic heterocycles. The number of carbonyl (C=O) groups excluding carboxylic acids is 1. The average molecular weight is 452 g/mol. The van der Waals surface area contributed by atoms with Crippen molar-refractivity contribution in [3.05, 3.63) is 76.0 Å². The number of benzene rings is 2. The summed E-state index contributed by atoms with van der Waals surface area (Å²) in [6.07, 6.45) is 3.98. The molecule has 28 heavy (non-hydrogen) atoms. The van der Waals surface area contributed by atoms with E-state index in [2.05, 4.69) is 26.2 Å². The quantitative estimate of drug-likeness (QED) is 0.358. The molecule has 3 aromatic heterocycles. The van der Waals surface area contributed by atoms with Crippen molar-refractivity contribution >= 4 is 54.8 Å². The van der Waals surface area contributed by atoms with E-state index in [-0.39, 0.29) is 5.91 Å². The van der Waals surface area contributed by atoms with Crippen LogP contribution in [0, 0.1) is 6.92 Å². The lowest BCUT2D eigenvalue weighted by Gasteiger charge is -2.05. The van der Waals surface area contributed by atoms with Gasteiger partial charge in [0.15, 0.2) is 10.7 Å². The number of nitrogens with zero attached hydrogens (tertiary/aromatic N) is 2. The number of aromatic nitrogens is 2. The molecule has 138 valence electrons. The van der Waals surface area contributed by atoms with E-state index in [0.29, 0.717) is 17.0 Å². The Morgan fingerprint density at radius 2 is 2.04 bits per heavy atom. The van der Waals surface area contributed by atoms with Crippen LogP contribution in [0.4, 0.5) is 5.69 Å². The van der Waals surface area contributed by atoms with E-state index < -0.39 is 0 Å². The Kier molecular flexibility index (Phi) is 4.07. The van der Waals surface area contributed by atoms with E-state index in [4.69, 9.17) is 4.42 Å². The number of hydrogen-bond donors (Lipinski definition) is 1. The van der Waals surface area contributed by atoms with E-state index in [1.54, 1.807) is 11.3 Å². The molecule has 0 bridgehead atoms. The lowest BCUT2D eigenvalue weighted by Crippen LogP contribution is -2.11. The van der Waals surface area contributed by atoms with Crippen molar-refractivity contribution in [1.82, 2.24) is 9.38 Å². The first kappa shape index (κ1) is 17.2. The zero-order chi connectivity index (χ0) is 19.3. The summed E-state index contributed by atoms with van der Waals surface area (Å²) in [6, 6.07) is 13.3. The Labute approximate surface area is 172 Å². The molecule has 5 aromatic rings. The summed E-state index contributed by atoms with van der Waals surface area (Å²) in [6.45, 7) is 1.89. The molecule has 1 amide bonds. The van der Waals surface area contributed by atoms with Crippen LogP contribution in [0.5, 0.6) is 0 Å². The predicted octanol–water partition coefficient (Wildman–Crippen LogP) is 6.13. The minimum Gasteiger partial charge on any atom is -0.451 e. The highest BCUT2D eigenvalue weighted by Gasteiger charge is 2.18. The topological polar surface area (TPSA) is 59.5 Å². The summed E-state index contributed by atoms with van der Waals surface area (Å²) < 4.78 is 8.71. The molecular formula is C21H14BrN3O2S. The molecule has 0 saturated carbocycles. The number of amides is 1. The maximum atomic E-state index is 12.7. The van der Waals surface area contributed by atoms with Crippen LogP contribution in [-0.4, -0.2) is 15.3 Å². The van der Waals surface area contributed by atoms with Crippen LogP contribution >= 0.6 is 27.3 Å². The molecule has 0 radical (unpaired) electrons. The molecule has 0 atom stereocenters. The highest BCUT2D eigenvalue weighted by atomic mass is 79.9. The first-order valence-corrected chi connectivity index (χ1v) is 10.3. The summed E-state index contributed by atoms with van der Waals surface area (Å²) in [5.41, 5.74) is 4.13. The Bertz CT molecular complexity index is 1300. The SMILES string of the molecule is Cc1c(C(=O)Nc2ccc(-c3cn4ccsc4n3)cc2)oc2ccc(Br)cc12. The number of aryl methyl sites for hydroxylation is 1. The standard InChI is InChI=1S/C21H14BrN3O2S/c1-12-16-10-14(22)4-7-18(16)27-19(12)20(26)23-15-5-2-13(3-6-15)17-11-25-8-9-28-21(25)24-17/h2-11H,1H3,(H,23,26). The lowest BCUT2D eigenvalue weighted by atomic mass is 10.1. The number of rotatable bonds is 3. The third-order valence-corrected chi connectivity index (χ3v) is 5.90. The second-order valence-corrected chi connectivity index (χ2v) is 8.24. The third-order valence-electron chi connectivity index (χ3n) is 4.64. The van der Waals surface area contributed by atoms with Crippen molar-refractivity contribution in [1.29, 1.82) is 0 Å². The van der Waals surface area contributed by atoms with E-state index >= 15 is 0 Å². The molecule has 5 nitrogen and oxygen atoms in total. The second-order valence-electron chi connectivity index (χ2n) is 6.45. The Morgan fingerprint density at radius 3 is 2.82 bits per heavy atom.